The highest BCUT2D eigenvalue weighted by Gasteiger charge is 2.30. The number of hydrogen-bond donors (Lipinski definition) is 1. The molecule has 6 nitrogen and oxygen atoms in total. The van der Waals surface area contributed by atoms with Crippen molar-refractivity contribution in [2.75, 3.05) is 45.8 Å². The highest BCUT2D eigenvalue weighted by Crippen LogP contribution is 2.18. The smallest absolute Gasteiger partial charge is 0.251 e. The SMILES string of the molecule is CCCc1ccc(C(=O)NC2CCN(CC(=O)N3CCN(C4C=CC4)CC3)C2)cc1. The van der Waals surface area contributed by atoms with E-state index in [1.165, 1.54) is 5.56 Å². The normalized spacial score (nSPS) is 24.6. The van der Waals surface area contributed by atoms with Crippen molar-refractivity contribution < 1.29 is 9.59 Å². The summed E-state index contributed by atoms with van der Waals surface area (Å²) in [6.07, 6.45) is 8.67. The Kier molecular flexibility index (Phi) is 6.85. The average molecular weight is 411 g/mol. The predicted molar refractivity (Wildman–Crippen MR) is 118 cm³/mol. The van der Waals surface area contributed by atoms with E-state index < -0.39 is 0 Å². The largest absolute Gasteiger partial charge is 0.348 e. The summed E-state index contributed by atoms with van der Waals surface area (Å²) in [6.45, 7) is 7.81. The van der Waals surface area contributed by atoms with Gasteiger partial charge in [0.1, 0.15) is 0 Å². The number of rotatable bonds is 7. The van der Waals surface area contributed by atoms with E-state index in [0.29, 0.717) is 18.2 Å². The fourth-order valence-electron chi connectivity index (χ4n) is 4.60. The monoisotopic (exact) mass is 410 g/mol. The summed E-state index contributed by atoms with van der Waals surface area (Å²) in [5, 5.41) is 3.14. The molecule has 2 unspecified atom stereocenters. The lowest BCUT2D eigenvalue weighted by Gasteiger charge is -2.40. The summed E-state index contributed by atoms with van der Waals surface area (Å²) < 4.78 is 0. The molecule has 0 saturated carbocycles. The number of piperazine rings is 1. The first-order chi connectivity index (χ1) is 14.6. The van der Waals surface area contributed by atoms with E-state index in [-0.39, 0.29) is 17.9 Å². The first-order valence-corrected chi connectivity index (χ1v) is 11.4. The molecule has 4 rings (SSSR count). The molecule has 1 N–H and O–H groups in total. The number of carbonyl (C=O) groups excluding carboxylic acids is 2. The van der Waals surface area contributed by atoms with Gasteiger partial charge in [0.2, 0.25) is 5.91 Å². The standard InChI is InChI=1S/C24H34N4O2/c1-2-4-19-7-9-20(10-8-19)24(30)25-21-11-12-26(17-21)18-23(29)28-15-13-27(14-16-28)22-5-3-6-22/h3,5,7-10,21-22H,2,4,6,11-18H2,1H3,(H,25,30). The van der Waals surface area contributed by atoms with E-state index in [9.17, 15) is 9.59 Å². The third-order valence-electron chi connectivity index (χ3n) is 6.59. The van der Waals surface area contributed by atoms with Crippen LogP contribution in [-0.2, 0) is 11.2 Å². The fraction of sp³-hybridized carbons (Fsp3) is 0.583. The minimum Gasteiger partial charge on any atom is -0.348 e. The number of benzene rings is 1. The van der Waals surface area contributed by atoms with Crippen LogP contribution in [0, 0.1) is 0 Å². The number of carbonyl (C=O) groups is 2. The zero-order valence-electron chi connectivity index (χ0n) is 18.1. The van der Waals surface area contributed by atoms with Crippen LogP contribution in [0.4, 0.5) is 0 Å². The molecule has 1 aromatic rings. The van der Waals surface area contributed by atoms with Crippen LogP contribution in [-0.4, -0.2) is 84.4 Å². The average Bonchev–Trinajstić information content (AvgIpc) is 3.14. The van der Waals surface area contributed by atoms with Crippen LogP contribution in [0.5, 0.6) is 0 Å². The number of nitrogens with zero attached hydrogens (tertiary/aromatic N) is 3. The predicted octanol–water partition coefficient (Wildman–Crippen LogP) is 1.92. The van der Waals surface area contributed by atoms with Gasteiger partial charge >= 0.3 is 0 Å². The zero-order chi connectivity index (χ0) is 20.9. The summed E-state index contributed by atoms with van der Waals surface area (Å²) in [5.41, 5.74) is 1.98. The van der Waals surface area contributed by atoms with Gasteiger partial charge in [-0.3, -0.25) is 19.4 Å². The van der Waals surface area contributed by atoms with Gasteiger partial charge < -0.3 is 10.2 Å². The summed E-state index contributed by atoms with van der Waals surface area (Å²) in [5.74, 6) is 0.203. The fourth-order valence-corrected chi connectivity index (χ4v) is 4.60. The molecule has 2 atom stereocenters. The van der Waals surface area contributed by atoms with Crippen molar-refractivity contribution in [3.8, 4) is 0 Å². The summed E-state index contributed by atoms with van der Waals surface area (Å²) in [7, 11) is 0. The van der Waals surface area contributed by atoms with Gasteiger partial charge in [-0.1, -0.05) is 37.6 Å². The number of amides is 2. The first kappa shape index (κ1) is 21.1. The minimum absolute atomic E-state index is 0.0163. The van der Waals surface area contributed by atoms with Gasteiger partial charge in [0.15, 0.2) is 0 Å². The maximum Gasteiger partial charge on any atom is 0.251 e. The van der Waals surface area contributed by atoms with Crippen LogP contribution in [0.2, 0.25) is 0 Å². The second-order valence-corrected chi connectivity index (χ2v) is 8.79. The highest BCUT2D eigenvalue weighted by molar-refractivity contribution is 5.94. The maximum atomic E-state index is 12.7. The molecule has 6 heteroatoms. The molecule has 0 aromatic heterocycles. The molecule has 0 spiro atoms. The molecule has 2 saturated heterocycles. The van der Waals surface area contributed by atoms with E-state index in [1.807, 2.05) is 29.2 Å². The second-order valence-electron chi connectivity index (χ2n) is 8.79. The summed E-state index contributed by atoms with van der Waals surface area (Å²) in [4.78, 5) is 31.9. The molecule has 30 heavy (non-hydrogen) atoms. The maximum absolute atomic E-state index is 12.7. The number of aryl methyl sites for hydroxylation is 1. The van der Waals surface area contributed by atoms with Crippen LogP contribution in [0.15, 0.2) is 36.4 Å². The van der Waals surface area contributed by atoms with Gasteiger partial charge in [0, 0.05) is 56.9 Å². The van der Waals surface area contributed by atoms with Crippen molar-refractivity contribution in [1.29, 1.82) is 0 Å². The van der Waals surface area contributed by atoms with E-state index in [0.717, 1.165) is 65.0 Å². The molecule has 2 heterocycles. The molecule has 2 fully saturated rings. The number of likely N-dealkylation sites (tertiary alicyclic amines) is 1. The van der Waals surface area contributed by atoms with Crippen LogP contribution in [0.3, 0.4) is 0 Å². The van der Waals surface area contributed by atoms with Crippen molar-refractivity contribution in [2.45, 2.75) is 44.7 Å². The van der Waals surface area contributed by atoms with Crippen molar-refractivity contribution in [3.05, 3.63) is 47.5 Å². The Morgan fingerprint density at radius 1 is 1.07 bits per heavy atom. The van der Waals surface area contributed by atoms with Crippen molar-refractivity contribution in [3.63, 3.8) is 0 Å². The van der Waals surface area contributed by atoms with Crippen molar-refractivity contribution in [2.24, 2.45) is 0 Å². The Morgan fingerprint density at radius 2 is 1.80 bits per heavy atom. The Morgan fingerprint density at radius 3 is 2.43 bits per heavy atom. The molecule has 1 aromatic carbocycles. The Labute approximate surface area is 179 Å². The molecule has 2 amide bonds. The summed E-state index contributed by atoms with van der Waals surface area (Å²) in [6, 6.07) is 8.61. The molecule has 3 aliphatic rings. The molecule has 0 bridgehead atoms. The van der Waals surface area contributed by atoms with Gasteiger partial charge in [0.25, 0.3) is 5.91 Å². The molecular formula is C24H34N4O2. The lowest BCUT2D eigenvalue weighted by molar-refractivity contribution is -0.134. The van der Waals surface area contributed by atoms with E-state index in [2.05, 4.69) is 34.2 Å². The van der Waals surface area contributed by atoms with Gasteiger partial charge in [-0.25, -0.2) is 0 Å². The molecule has 0 radical (unpaired) electrons. The van der Waals surface area contributed by atoms with Gasteiger partial charge in [0.05, 0.1) is 6.54 Å². The molecular weight excluding hydrogens is 376 g/mol. The van der Waals surface area contributed by atoms with Crippen molar-refractivity contribution >= 4 is 11.8 Å². The van der Waals surface area contributed by atoms with Crippen molar-refractivity contribution in [1.82, 2.24) is 20.0 Å². The van der Waals surface area contributed by atoms with E-state index in [4.69, 9.17) is 0 Å². The van der Waals surface area contributed by atoms with Gasteiger partial charge in [-0.05, 0) is 37.0 Å². The quantitative estimate of drug-likeness (QED) is 0.698. The third kappa shape index (κ3) is 5.10. The highest BCUT2D eigenvalue weighted by atomic mass is 16.2. The molecule has 2 aliphatic heterocycles. The van der Waals surface area contributed by atoms with Gasteiger partial charge in [-0.2, -0.15) is 0 Å². The lowest BCUT2D eigenvalue weighted by atomic mass is 10.0. The van der Waals surface area contributed by atoms with Crippen LogP contribution < -0.4 is 5.32 Å². The second kappa shape index (κ2) is 9.75. The number of hydrogen-bond acceptors (Lipinski definition) is 4. The van der Waals surface area contributed by atoms with Crippen LogP contribution >= 0.6 is 0 Å². The Hall–Kier alpha value is -2.18. The molecule has 1 aliphatic carbocycles. The topological polar surface area (TPSA) is 55.9 Å². The first-order valence-electron chi connectivity index (χ1n) is 11.4. The number of nitrogens with one attached hydrogen (secondary N) is 1. The Balaban J connectivity index is 1.19. The minimum atomic E-state index is -0.0163. The summed E-state index contributed by atoms with van der Waals surface area (Å²) >= 11 is 0. The van der Waals surface area contributed by atoms with E-state index in [1.54, 1.807) is 0 Å². The third-order valence-corrected chi connectivity index (χ3v) is 6.59. The van der Waals surface area contributed by atoms with E-state index >= 15 is 0 Å². The van der Waals surface area contributed by atoms with Crippen LogP contribution in [0.25, 0.3) is 0 Å². The Bertz CT molecular complexity index is 768. The zero-order valence-corrected chi connectivity index (χ0v) is 18.1. The molecule has 162 valence electrons. The van der Waals surface area contributed by atoms with Crippen LogP contribution in [0.1, 0.15) is 42.1 Å². The van der Waals surface area contributed by atoms with Gasteiger partial charge in [-0.15, -0.1) is 0 Å². The lowest BCUT2D eigenvalue weighted by Crippen LogP contribution is -2.54.